The molecule has 0 saturated heterocycles. The molecule has 0 unspecified atom stereocenters. The van der Waals surface area contributed by atoms with Crippen molar-refractivity contribution >= 4 is 5.91 Å². The summed E-state index contributed by atoms with van der Waals surface area (Å²) < 4.78 is 6.06. The monoisotopic (exact) mass is 461 g/mol. The molecule has 0 spiro atoms. The molecule has 2 aromatic carbocycles. The lowest BCUT2D eigenvalue weighted by Crippen LogP contribution is -2.28. The van der Waals surface area contributed by atoms with Crippen molar-refractivity contribution in [3.05, 3.63) is 86.3 Å². The van der Waals surface area contributed by atoms with Gasteiger partial charge in [0.25, 0.3) is 11.5 Å². The summed E-state index contributed by atoms with van der Waals surface area (Å²) in [7, 11) is 4.08. The van der Waals surface area contributed by atoms with E-state index in [0.717, 1.165) is 34.5 Å². The Balaban J connectivity index is 1.98. The Kier molecular flexibility index (Phi) is 7.94. The van der Waals surface area contributed by atoms with E-state index < -0.39 is 0 Å². The van der Waals surface area contributed by atoms with Gasteiger partial charge in [-0.05, 0) is 95.2 Å². The highest BCUT2D eigenvalue weighted by atomic mass is 16.5. The minimum Gasteiger partial charge on any atom is -0.491 e. The highest BCUT2D eigenvalue weighted by molar-refractivity contribution is 5.97. The Morgan fingerprint density at radius 3 is 2.44 bits per heavy atom. The first-order valence-corrected chi connectivity index (χ1v) is 11.6. The van der Waals surface area contributed by atoms with Crippen LogP contribution in [0.2, 0.25) is 0 Å². The molecular weight excluding hydrogens is 426 g/mol. The molecule has 1 amide bonds. The number of pyridine rings is 1. The van der Waals surface area contributed by atoms with Crippen LogP contribution in [0.1, 0.15) is 52.2 Å². The van der Waals surface area contributed by atoms with E-state index in [1.54, 1.807) is 0 Å². The normalized spacial score (nSPS) is 11.2. The average molecular weight is 462 g/mol. The molecule has 0 aliphatic heterocycles. The number of carbonyl (C=O) groups excluding carboxylic acids is 1. The maximum atomic E-state index is 13.3. The first-order valence-electron chi connectivity index (χ1n) is 11.6. The second-order valence-corrected chi connectivity index (χ2v) is 9.38. The summed E-state index contributed by atoms with van der Waals surface area (Å²) in [5, 5.41) is 2.93. The molecule has 0 saturated carbocycles. The molecular formula is C28H35N3O3. The van der Waals surface area contributed by atoms with Crippen LogP contribution in [-0.4, -0.2) is 36.0 Å². The lowest BCUT2D eigenvalue weighted by Gasteiger charge is -2.18. The minimum atomic E-state index is -0.239. The number of hydrogen-bond acceptors (Lipinski definition) is 4. The van der Waals surface area contributed by atoms with Gasteiger partial charge in [0.1, 0.15) is 5.75 Å². The molecule has 1 heterocycles. The number of rotatable bonds is 8. The number of H-pyrrole nitrogens is 1. The lowest BCUT2D eigenvalue weighted by atomic mass is 9.96. The number of nitrogens with one attached hydrogen (secondary N) is 2. The highest BCUT2D eigenvalue weighted by Gasteiger charge is 2.18. The summed E-state index contributed by atoms with van der Waals surface area (Å²) in [6.45, 7) is 10.5. The number of benzene rings is 2. The first kappa shape index (κ1) is 25.2. The summed E-state index contributed by atoms with van der Waals surface area (Å²) in [5.41, 5.74) is 6.47. The molecule has 3 aromatic rings. The number of ether oxygens (including phenoxy) is 1. The van der Waals surface area contributed by atoms with Crippen molar-refractivity contribution in [2.45, 2.75) is 53.8 Å². The van der Waals surface area contributed by atoms with Crippen LogP contribution in [0, 0.1) is 20.8 Å². The van der Waals surface area contributed by atoms with E-state index in [0.29, 0.717) is 16.9 Å². The molecule has 0 bridgehead atoms. The number of amides is 1. The van der Waals surface area contributed by atoms with Gasteiger partial charge in [0.15, 0.2) is 0 Å². The van der Waals surface area contributed by atoms with Crippen LogP contribution in [0.5, 0.6) is 5.75 Å². The van der Waals surface area contributed by atoms with Crippen molar-refractivity contribution in [2.75, 3.05) is 14.1 Å². The fourth-order valence-corrected chi connectivity index (χ4v) is 4.05. The van der Waals surface area contributed by atoms with Gasteiger partial charge in [0.2, 0.25) is 0 Å². The van der Waals surface area contributed by atoms with Crippen LogP contribution >= 0.6 is 0 Å². The second kappa shape index (κ2) is 10.7. The molecule has 0 aliphatic carbocycles. The standard InChI is InChI=1S/C28H35N3O3/c1-17(2)34-26-14-23(22-10-8-9-21(12-22)16-31(6)7)13-24(20(26)5)27(32)29-15-25-18(3)11-19(4)30-28(25)33/h8-14,17H,15-16H2,1-7H3,(H,29,32)(H,30,33). The number of nitrogens with zero attached hydrogens (tertiary/aromatic N) is 1. The number of aromatic amines is 1. The predicted molar refractivity (Wildman–Crippen MR) is 137 cm³/mol. The smallest absolute Gasteiger partial charge is 0.253 e. The summed E-state index contributed by atoms with van der Waals surface area (Å²) in [6.07, 6.45) is -0.0290. The SMILES string of the molecule is Cc1cc(C)c(CNC(=O)c2cc(-c3cccc(CN(C)C)c3)cc(OC(C)C)c2C)c(=O)[nH]1. The Morgan fingerprint density at radius 1 is 1.06 bits per heavy atom. The molecule has 1 aromatic heterocycles. The van der Waals surface area contributed by atoms with Gasteiger partial charge in [-0.1, -0.05) is 18.2 Å². The van der Waals surface area contributed by atoms with Gasteiger partial charge in [0.05, 0.1) is 6.10 Å². The maximum absolute atomic E-state index is 13.3. The zero-order chi connectivity index (χ0) is 25.0. The van der Waals surface area contributed by atoms with Gasteiger partial charge in [-0.3, -0.25) is 9.59 Å². The molecule has 6 heteroatoms. The van der Waals surface area contributed by atoms with E-state index in [-0.39, 0.29) is 24.1 Å². The van der Waals surface area contributed by atoms with E-state index in [2.05, 4.69) is 27.3 Å². The van der Waals surface area contributed by atoms with E-state index in [4.69, 9.17) is 4.74 Å². The Morgan fingerprint density at radius 2 is 1.79 bits per heavy atom. The molecule has 34 heavy (non-hydrogen) atoms. The quantitative estimate of drug-likeness (QED) is 0.508. The van der Waals surface area contributed by atoms with E-state index in [9.17, 15) is 9.59 Å². The van der Waals surface area contributed by atoms with Crippen LogP contribution in [0.25, 0.3) is 11.1 Å². The third-order valence-corrected chi connectivity index (χ3v) is 5.65. The van der Waals surface area contributed by atoms with E-state index >= 15 is 0 Å². The second-order valence-electron chi connectivity index (χ2n) is 9.38. The number of aryl methyl sites for hydroxylation is 2. The average Bonchev–Trinajstić information content (AvgIpc) is 2.73. The summed E-state index contributed by atoms with van der Waals surface area (Å²) >= 11 is 0. The molecule has 0 atom stereocenters. The fraction of sp³-hybridized carbons (Fsp3) is 0.357. The largest absolute Gasteiger partial charge is 0.491 e. The van der Waals surface area contributed by atoms with Gasteiger partial charge < -0.3 is 19.9 Å². The van der Waals surface area contributed by atoms with Crippen LogP contribution in [-0.2, 0) is 13.1 Å². The Bertz CT molecular complexity index is 1240. The molecule has 0 fully saturated rings. The van der Waals surface area contributed by atoms with Crippen molar-refractivity contribution < 1.29 is 9.53 Å². The zero-order valence-electron chi connectivity index (χ0n) is 21.2. The van der Waals surface area contributed by atoms with Gasteiger partial charge >= 0.3 is 0 Å². The van der Waals surface area contributed by atoms with Gasteiger partial charge in [-0.25, -0.2) is 0 Å². The highest BCUT2D eigenvalue weighted by Crippen LogP contribution is 2.31. The zero-order valence-corrected chi connectivity index (χ0v) is 21.2. The molecule has 0 radical (unpaired) electrons. The first-order chi connectivity index (χ1) is 16.0. The third-order valence-electron chi connectivity index (χ3n) is 5.65. The van der Waals surface area contributed by atoms with Gasteiger partial charge in [0, 0.05) is 35.5 Å². The molecule has 3 rings (SSSR count). The van der Waals surface area contributed by atoms with Crippen LogP contribution in [0.4, 0.5) is 0 Å². The van der Waals surface area contributed by atoms with Crippen LogP contribution < -0.4 is 15.6 Å². The third kappa shape index (κ3) is 6.14. The van der Waals surface area contributed by atoms with E-state index in [1.165, 1.54) is 5.56 Å². The number of hydrogen-bond donors (Lipinski definition) is 2. The fourth-order valence-electron chi connectivity index (χ4n) is 4.05. The minimum absolute atomic E-state index is 0.0290. The van der Waals surface area contributed by atoms with Crippen molar-refractivity contribution in [1.82, 2.24) is 15.2 Å². The number of carbonyl (C=O) groups is 1. The maximum Gasteiger partial charge on any atom is 0.253 e. The summed E-state index contributed by atoms with van der Waals surface area (Å²) in [4.78, 5) is 30.6. The number of aromatic nitrogens is 1. The van der Waals surface area contributed by atoms with Gasteiger partial charge in [-0.15, -0.1) is 0 Å². The molecule has 0 aliphatic rings. The summed E-state index contributed by atoms with van der Waals surface area (Å²) in [6, 6.07) is 14.1. The molecule has 180 valence electrons. The van der Waals surface area contributed by atoms with Gasteiger partial charge in [-0.2, -0.15) is 0 Å². The Labute approximate surface area is 202 Å². The van der Waals surface area contributed by atoms with Crippen LogP contribution in [0.3, 0.4) is 0 Å². The summed E-state index contributed by atoms with van der Waals surface area (Å²) in [5.74, 6) is 0.441. The predicted octanol–water partition coefficient (Wildman–Crippen LogP) is 4.75. The van der Waals surface area contributed by atoms with Crippen molar-refractivity contribution in [3.8, 4) is 16.9 Å². The van der Waals surface area contributed by atoms with Crippen molar-refractivity contribution in [3.63, 3.8) is 0 Å². The van der Waals surface area contributed by atoms with Crippen molar-refractivity contribution in [1.29, 1.82) is 0 Å². The van der Waals surface area contributed by atoms with Crippen molar-refractivity contribution in [2.24, 2.45) is 0 Å². The Hall–Kier alpha value is -3.38. The van der Waals surface area contributed by atoms with Crippen LogP contribution in [0.15, 0.2) is 47.3 Å². The lowest BCUT2D eigenvalue weighted by molar-refractivity contribution is 0.0949. The topological polar surface area (TPSA) is 74.4 Å². The molecule has 6 nitrogen and oxygen atoms in total. The molecule has 2 N–H and O–H groups in total. The van der Waals surface area contributed by atoms with E-state index in [1.807, 2.05) is 79.0 Å².